The quantitative estimate of drug-likeness (QED) is 0.608. The standard InChI is InChI=1S/C19H18N3O2.Y/c1-2-20-19-15(13-23)11-14(12-22-19)8-10-24-18-7-9-21-17-6-4-3-5-16(17)18;/h3-7,9,11-12H,2,8,10H2,1H3,(H,20,22);/q-1;. The second-order valence-electron chi connectivity index (χ2n) is 5.30. The minimum absolute atomic E-state index is 0. The number of carbonyl (C=O) groups excluding carboxylic acids is 1. The van der Waals surface area contributed by atoms with Crippen molar-refractivity contribution in [2.75, 3.05) is 18.5 Å². The summed E-state index contributed by atoms with van der Waals surface area (Å²) >= 11 is 0. The van der Waals surface area contributed by atoms with Crippen LogP contribution >= 0.6 is 0 Å². The van der Waals surface area contributed by atoms with Crippen molar-refractivity contribution in [1.82, 2.24) is 9.97 Å². The average molecular weight is 409 g/mol. The van der Waals surface area contributed by atoms with Gasteiger partial charge < -0.3 is 19.8 Å². The van der Waals surface area contributed by atoms with Gasteiger partial charge in [-0.1, -0.05) is 17.7 Å². The van der Waals surface area contributed by atoms with Crippen LogP contribution in [0.25, 0.3) is 10.9 Å². The number of anilines is 1. The van der Waals surface area contributed by atoms with Crippen LogP contribution in [-0.2, 0) is 43.9 Å². The van der Waals surface area contributed by atoms with Crippen LogP contribution in [0.5, 0.6) is 5.75 Å². The molecule has 0 aliphatic carbocycles. The molecular formula is C19H18N3O2Y-. The first-order chi connectivity index (χ1) is 11.8. The molecule has 6 heteroatoms. The normalized spacial score (nSPS) is 10.1. The molecule has 1 aromatic carbocycles. The molecule has 25 heavy (non-hydrogen) atoms. The van der Waals surface area contributed by atoms with Crippen molar-refractivity contribution in [3.05, 3.63) is 59.9 Å². The summed E-state index contributed by atoms with van der Waals surface area (Å²) in [4.78, 5) is 19.6. The van der Waals surface area contributed by atoms with Gasteiger partial charge in [0.15, 0.2) is 0 Å². The van der Waals surface area contributed by atoms with E-state index in [9.17, 15) is 4.79 Å². The molecule has 0 bridgehead atoms. The number of aromatic nitrogens is 2. The Morgan fingerprint density at radius 2 is 2.04 bits per heavy atom. The molecule has 2 aromatic heterocycles. The molecule has 0 amide bonds. The summed E-state index contributed by atoms with van der Waals surface area (Å²) < 4.78 is 5.89. The maximum absolute atomic E-state index is 11.1. The van der Waals surface area contributed by atoms with E-state index in [-0.39, 0.29) is 32.7 Å². The van der Waals surface area contributed by atoms with Gasteiger partial charge >= 0.3 is 0 Å². The maximum Gasteiger partial charge on any atom is 0.130 e. The monoisotopic (exact) mass is 409 g/mol. The summed E-state index contributed by atoms with van der Waals surface area (Å²) in [5.41, 5.74) is 2.29. The number of para-hydroxylation sites is 1. The minimum atomic E-state index is 0. The Morgan fingerprint density at radius 3 is 2.84 bits per heavy atom. The van der Waals surface area contributed by atoms with Crippen LogP contribution in [-0.4, -0.2) is 29.4 Å². The Kier molecular flexibility index (Phi) is 7.47. The molecule has 0 saturated carbocycles. The minimum Gasteiger partial charge on any atom is -0.493 e. The molecule has 0 unspecified atom stereocenters. The van der Waals surface area contributed by atoms with E-state index in [2.05, 4.69) is 15.3 Å². The second-order valence-corrected chi connectivity index (χ2v) is 5.30. The zero-order valence-corrected chi connectivity index (χ0v) is 16.9. The number of fused-ring (bicyclic) bond motifs is 1. The Bertz CT molecular complexity index is 850. The van der Waals surface area contributed by atoms with Gasteiger partial charge in [-0.3, -0.25) is 4.98 Å². The van der Waals surface area contributed by atoms with Crippen molar-refractivity contribution in [3.8, 4) is 5.75 Å². The summed E-state index contributed by atoms with van der Waals surface area (Å²) in [5.74, 6) is 1.37. The predicted octanol–water partition coefficient (Wildman–Crippen LogP) is 3.14. The second kappa shape index (κ2) is 9.59. The molecule has 0 saturated heterocycles. The summed E-state index contributed by atoms with van der Waals surface area (Å²) in [6, 6.07) is 11.5. The number of nitrogens with one attached hydrogen (secondary N) is 1. The van der Waals surface area contributed by atoms with E-state index >= 15 is 0 Å². The van der Waals surface area contributed by atoms with E-state index in [1.165, 1.54) is 0 Å². The van der Waals surface area contributed by atoms with Crippen molar-refractivity contribution in [2.24, 2.45) is 0 Å². The van der Waals surface area contributed by atoms with Gasteiger partial charge in [-0.25, -0.2) is 0 Å². The summed E-state index contributed by atoms with van der Waals surface area (Å²) in [5, 5.41) is 4.03. The van der Waals surface area contributed by atoms with E-state index in [0.29, 0.717) is 31.0 Å². The Labute approximate surface area is 172 Å². The third-order valence-electron chi connectivity index (χ3n) is 3.66. The zero-order valence-electron chi connectivity index (χ0n) is 14.0. The number of pyridine rings is 2. The molecular weight excluding hydrogens is 391 g/mol. The molecule has 3 aromatic rings. The van der Waals surface area contributed by atoms with Crippen LogP contribution in [0.4, 0.5) is 5.82 Å². The Hall–Kier alpha value is -1.85. The van der Waals surface area contributed by atoms with Gasteiger partial charge in [0, 0.05) is 62.9 Å². The zero-order chi connectivity index (χ0) is 16.8. The van der Waals surface area contributed by atoms with Crippen molar-refractivity contribution >= 4 is 23.0 Å². The Morgan fingerprint density at radius 1 is 1.20 bits per heavy atom. The number of hydrogen-bond donors (Lipinski definition) is 1. The number of nitrogens with zero attached hydrogens (tertiary/aromatic N) is 2. The third-order valence-corrected chi connectivity index (χ3v) is 3.66. The van der Waals surface area contributed by atoms with Crippen LogP contribution < -0.4 is 10.1 Å². The van der Waals surface area contributed by atoms with E-state index in [4.69, 9.17) is 4.74 Å². The molecule has 1 N–H and O–H groups in total. The molecule has 0 atom stereocenters. The molecule has 1 radical (unpaired) electrons. The van der Waals surface area contributed by atoms with E-state index in [1.807, 2.05) is 43.5 Å². The number of ether oxygens (including phenoxy) is 1. The largest absolute Gasteiger partial charge is 0.493 e. The van der Waals surface area contributed by atoms with Gasteiger partial charge in [-0.05, 0) is 31.5 Å². The molecule has 2 heterocycles. The first-order valence-corrected chi connectivity index (χ1v) is 7.89. The van der Waals surface area contributed by atoms with E-state index in [1.54, 1.807) is 18.5 Å². The van der Waals surface area contributed by atoms with Crippen molar-refractivity contribution in [3.63, 3.8) is 0 Å². The summed E-state index contributed by atoms with van der Waals surface area (Å²) in [6.07, 6.45) is 6.08. The molecule has 0 spiro atoms. The van der Waals surface area contributed by atoms with Crippen LogP contribution in [0, 0.1) is 0 Å². The van der Waals surface area contributed by atoms with Crippen molar-refractivity contribution < 1.29 is 42.2 Å². The molecule has 3 rings (SSSR count). The topological polar surface area (TPSA) is 64.1 Å². The van der Waals surface area contributed by atoms with Crippen LogP contribution in [0.1, 0.15) is 18.1 Å². The van der Waals surface area contributed by atoms with Gasteiger partial charge in [0.25, 0.3) is 0 Å². The first kappa shape index (κ1) is 19.5. The molecule has 125 valence electrons. The average Bonchev–Trinajstić information content (AvgIpc) is 2.63. The first-order valence-electron chi connectivity index (χ1n) is 7.89. The van der Waals surface area contributed by atoms with Gasteiger partial charge in [-0.15, -0.1) is 5.56 Å². The maximum atomic E-state index is 11.1. The summed E-state index contributed by atoms with van der Waals surface area (Å²) in [7, 11) is 0. The number of rotatable bonds is 7. The van der Waals surface area contributed by atoms with E-state index in [0.717, 1.165) is 22.2 Å². The molecule has 0 aliphatic heterocycles. The fraction of sp³-hybridized carbons (Fsp3) is 0.211. The fourth-order valence-electron chi connectivity index (χ4n) is 2.51. The molecule has 0 aliphatic rings. The van der Waals surface area contributed by atoms with E-state index < -0.39 is 0 Å². The Balaban J connectivity index is 0.00000225. The fourth-order valence-corrected chi connectivity index (χ4v) is 2.51. The van der Waals surface area contributed by atoms with Crippen LogP contribution in [0.3, 0.4) is 0 Å². The molecule has 5 nitrogen and oxygen atoms in total. The summed E-state index contributed by atoms with van der Waals surface area (Å²) in [6.45, 7) is 3.16. The SMILES string of the molecule is CCNc1ncc(CCOc2ccnc3ccccc23)cc1[C-]=O.[Y]. The number of benzene rings is 1. The van der Waals surface area contributed by atoms with Crippen molar-refractivity contribution in [2.45, 2.75) is 13.3 Å². The van der Waals surface area contributed by atoms with Crippen LogP contribution in [0.15, 0.2) is 48.8 Å². The van der Waals surface area contributed by atoms with Gasteiger partial charge in [-0.2, -0.15) is 6.07 Å². The number of hydrogen-bond acceptors (Lipinski definition) is 5. The van der Waals surface area contributed by atoms with Gasteiger partial charge in [0.1, 0.15) is 5.75 Å². The molecule has 0 fully saturated rings. The van der Waals surface area contributed by atoms with Gasteiger partial charge in [0.2, 0.25) is 0 Å². The third kappa shape index (κ3) is 4.83. The van der Waals surface area contributed by atoms with Crippen molar-refractivity contribution in [1.29, 1.82) is 0 Å². The predicted molar refractivity (Wildman–Crippen MR) is 94.1 cm³/mol. The van der Waals surface area contributed by atoms with Gasteiger partial charge in [0.05, 0.1) is 18.4 Å². The smallest absolute Gasteiger partial charge is 0.130 e. The van der Waals surface area contributed by atoms with Crippen LogP contribution in [0.2, 0.25) is 0 Å².